The van der Waals surface area contributed by atoms with Crippen molar-refractivity contribution in [1.82, 2.24) is 0 Å². The molecular weight excluding hydrogens is 186 g/mol. The van der Waals surface area contributed by atoms with Gasteiger partial charge in [-0.05, 0) is 6.07 Å². The van der Waals surface area contributed by atoms with Crippen LogP contribution in [-0.2, 0) is 11.3 Å². The molecule has 0 unspecified atom stereocenters. The monoisotopic (exact) mass is 192 g/mol. The van der Waals surface area contributed by atoms with Crippen LogP contribution in [0.2, 0.25) is 0 Å². The number of ether oxygens (including phenoxy) is 1. The Balaban J connectivity index is 2.78. The van der Waals surface area contributed by atoms with Crippen molar-refractivity contribution in [2.24, 2.45) is 0 Å². The Morgan fingerprint density at radius 2 is 2.08 bits per heavy atom. The second-order valence-electron chi connectivity index (χ2n) is 2.17. The van der Waals surface area contributed by atoms with Gasteiger partial charge >= 0.3 is 0 Å². The van der Waals surface area contributed by atoms with Gasteiger partial charge in [0, 0.05) is 5.56 Å². The molecule has 0 fully saturated rings. The largest absolute Gasteiger partial charge is 0.361 e. The van der Waals surface area contributed by atoms with Gasteiger partial charge in [-0.2, -0.15) is 0 Å². The third-order valence-corrected chi connectivity index (χ3v) is 1.52. The van der Waals surface area contributed by atoms with Crippen LogP contribution in [0.3, 0.4) is 0 Å². The minimum Gasteiger partial charge on any atom is -0.361 e. The maximum absolute atomic E-state index is 12.8. The summed E-state index contributed by atoms with van der Waals surface area (Å²) in [6.07, 6.45) is 0. The average Bonchev–Trinajstić information content (AvgIpc) is 2.08. The van der Waals surface area contributed by atoms with Crippen LogP contribution < -0.4 is 0 Å². The Morgan fingerprint density at radius 3 is 2.75 bits per heavy atom. The summed E-state index contributed by atoms with van der Waals surface area (Å²) in [6.45, 7) is -0.00685. The summed E-state index contributed by atoms with van der Waals surface area (Å²) in [7, 11) is 0. The number of alkyl halides is 1. The fraction of sp³-hybridized carbons (Fsp3) is 0.250. The Hall–Kier alpha value is -0.670. The van der Waals surface area contributed by atoms with Gasteiger partial charge < -0.3 is 4.74 Å². The normalized spacial score (nSPS) is 10.2. The van der Waals surface area contributed by atoms with Gasteiger partial charge in [0.2, 0.25) is 0 Å². The lowest BCUT2D eigenvalue weighted by Gasteiger charge is -2.02. The summed E-state index contributed by atoms with van der Waals surface area (Å²) in [6, 6.07) is 3.89. The molecule has 0 aliphatic heterocycles. The van der Waals surface area contributed by atoms with E-state index in [0.717, 1.165) is 6.07 Å². The second kappa shape index (κ2) is 4.38. The van der Waals surface area contributed by atoms with Crippen molar-refractivity contribution in [2.45, 2.75) is 6.61 Å². The minimum atomic E-state index is -0.873. The lowest BCUT2D eigenvalue weighted by atomic mass is 10.2. The van der Waals surface area contributed by atoms with Gasteiger partial charge in [-0.25, -0.2) is 8.78 Å². The molecule has 1 aromatic rings. The highest BCUT2D eigenvalue weighted by molar-refractivity contribution is 6.17. The Bertz CT molecular complexity index is 265. The highest BCUT2D eigenvalue weighted by Gasteiger charge is 2.06. The van der Waals surface area contributed by atoms with Gasteiger partial charge in [0.25, 0.3) is 0 Å². The smallest absolute Gasteiger partial charge is 0.164 e. The van der Waals surface area contributed by atoms with E-state index in [4.69, 9.17) is 16.3 Å². The zero-order valence-corrected chi connectivity index (χ0v) is 6.94. The molecule has 0 aliphatic carbocycles. The lowest BCUT2D eigenvalue weighted by Crippen LogP contribution is -1.96. The van der Waals surface area contributed by atoms with Crippen LogP contribution in [0.25, 0.3) is 0 Å². The zero-order valence-electron chi connectivity index (χ0n) is 6.19. The van der Waals surface area contributed by atoms with Crippen LogP contribution in [0.15, 0.2) is 18.2 Å². The summed E-state index contributed by atoms with van der Waals surface area (Å²) in [4.78, 5) is 0. The molecule has 0 bridgehead atoms. The summed E-state index contributed by atoms with van der Waals surface area (Å²) >= 11 is 5.21. The molecule has 1 rings (SSSR count). The SMILES string of the molecule is Fc1cccc(COCCl)c1F. The first-order valence-corrected chi connectivity index (χ1v) is 3.85. The van der Waals surface area contributed by atoms with Crippen molar-refractivity contribution < 1.29 is 13.5 Å². The first-order chi connectivity index (χ1) is 5.75. The molecule has 0 atom stereocenters. The van der Waals surface area contributed by atoms with Crippen molar-refractivity contribution in [3.8, 4) is 0 Å². The van der Waals surface area contributed by atoms with Crippen LogP contribution in [-0.4, -0.2) is 6.07 Å². The number of hydrogen-bond acceptors (Lipinski definition) is 1. The second-order valence-corrected chi connectivity index (χ2v) is 2.39. The zero-order chi connectivity index (χ0) is 8.97. The van der Waals surface area contributed by atoms with E-state index in [2.05, 4.69) is 0 Å². The van der Waals surface area contributed by atoms with E-state index in [-0.39, 0.29) is 18.2 Å². The topological polar surface area (TPSA) is 9.23 Å². The molecule has 0 aliphatic rings. The molecule has 0 heterocycles. The highest BCUT2D eigenvalue weighted by atomic mass is 35.5. The Morgan fingerprint density at radius 1 is 1.33 bits per heavy atom. The van der Waals surface area contributed by atoms with Crippen LogP contribution in [0, 0.1) is 11.6 Å². The molecule has 0 amide bonds. The fourth-order valence-corrected chi connectivity index (χ4v) is 0.886. The fourth-order valence-electron chi connectivity index (χ4n) is 0.808. The van der Waals surface area contributed by atoms with E-state index in [1.807, 2.05) is 0 Å². The average molecular weight is 193 g/mol. The molecule has 0 saturated carbocycles. The number of benzene rings is 1. The van der Waals surface area contributed by atoms with Crippen molar-refractivity contribution in [2.75, 3.05) is 6.07 Å². The van der Waals surface area contributed by atoms with Gasteiger partial charge in [0.15, 0.2) is 11.6 Å². The molecule has 12 heavy (non-hydrogen) atoms. The number of halogens is 3. The molecule has 0 saturated heterocycles. The quantitative estimate of drug-likeness (QED) is 0.669. The van der Waals surface area contributed by atoms with Gasteiger partial charge in [-0.15, -0.1) is 0 Å². The summed E-state index contributed by atoms with van der Waals surface area (Å²) in [5.74, 6) is -1.74. The first-order valence-electron chi connectivity index (χ1n) is 3.32. The van der Waals surface area contributed by atoms with E-state index >= 15 is 0 Å². The minimum absolute atomic E-state index is 0.00685. The van der Waals surface area contributed by atoms with Crippen molar-refractivity contribution in [3.63, 3.8) is 0 Å². The van der Waals surface area contributed by atoms with Crippen molar-refractivity contribution in [3.05, 3.63) is 35.4 Å². The predicted octanol–water partition coefficient (Wildman–Crippen LogP) is 2.68. The van der Waals surface area contributed by atoms with E-state index in [1.165, 1.54) is 12.1 Å². The first kappa shape index (κ1) is 9.42. The Labute approximate surface area is 73.9 Å². The van der Waals surface area contributed by atoms with E-state index in [0.29, 0.717) is 0 Å². The van der Waals surface area contributed by atoms with E-state index < -0.39 is 11.6 Å². The maximum atomic E-state index is 12.8. The number of hydrogen-bond donors (Lipinski definition) is 0. The van der Waals surface area contributed by atoms with E-state index in [9.17, 15) is 8.78 Å². The van der Waals surface area contributed by atoms with E-state index in [1.54, 1.807) is 0 Å². The molecule has 0 spiro atoms. The van der Waals surface area contributed by atoms with Crippen LogP contribution in [0.1, 0.15) is 5.56 Å². The van der Waals surface area contributed by atoms with Gasteiger partial charge in [-0.3, -0.25) is 0 Å². The molecule has 1 nitrogen and oxygen atoms in total. The van der Waals surface area contributed by atoms with Crippen molar-refractivity contribution in [1.29, 1.82) is 0 Å². The predicted molar refractivity (Wildman–Crippen MR) is 41.9 cm³/mol. The van der Waals surface area contributed by atoms with Crippen LogP contribution in [0.5, 0.6) is 0 Å². The molecular formula is C8H7ClF2O. The lowest BCUT2D eigenvalue weighted by molar-refractivity contribution is 0.161. The summed E-state index contributed by atoms with van der Waals surface area (Å²) < 4.78 is 30.1. The molecule has 0 radical (unpaired) electrons. The summed E-state index contributed by atoms with van der Waals surface area (Å²) in [5, 5.41) is 0. The van der Waals surface area contributed by atoms with Gasteiger partial charge in [-0.1, -0.05) is 23.7 Å². The van der Waals surface area contributed by atoms with Crippen LogP contribution >= 0.6 is 11.6 Å². The molecule has 0 aromatic heterocycles. The van der Waals surface area contributed by atoms with Gasteiger partial charge in [0.05, 0.1) is 6.61 Å². The maximum Gasteiger partial charge on any atom is 0.164 e. The molecule has 4 heteroatoms. The summed E-state index contributed by atoms with van der Waals surface area (Å²) in [5.41, 5.74) is 0.177. The van der Waals surface area contributed by atoms with Crippen molar-refractivity contribution >= 4 is 11.6 Å². The Kier molecular flexibility index (Phi) is 3.44. The molecule has 1 aromatic carbocycles. The van der Waals surface area contributed by atoms with Crippen LogP contribution in [0.4, 0.5) is 8.78 Å². The van der Waals surface area contributed by atoms with Gasteiger partial charge in [0.1, 0.15) is 6.07 Å². The highest BCUT2D eigenvalue weighted by Crippen LogP contribution is 2.12. The molecule has 0 N–H and O–H groups in total. The molecule has 66 valence electrons. The standard InChI is InChI=1S/C8H7ClF2O/c9-5-12-4-6-2-1-3-7(10)8(6)11/h1-3H,4-5H2. The number of rotatable bonds is 3. The third-order valence-electron chi connectivity index (χ3n) is 1.37. The third kappa shape index (κ3) is 2.16.